The van der Waals surface area contributed by atoms with E-state index in [-0.39, 0.29) is 23.8 Å². The van der Waals surface area contributed by atoms with Crippen LogP contribution in [0, 0.1) is 11.8 Å². The molecule has 2 unspecified atom stereocenters. The first-order chi connectivity index (χ1) is 8.63. The van der Waals surface area contributed by atoms with Crippen LogP contribution in [-0.4, -0.2) is 49.6 Å². The minimum atomic E-state index is -0.185. The van der Waals surface area contributed by atoms with Gasteiger partial charge in [-0.3, -0.25) is 9.59 Å². The molecular weight excluding hydrogens is 232 g/mol. The summed E-state index contributed by atoms with van der Waals surface area (Å²) in [6.45, 7) is 3.77. The third kappa shape index (κ3) is 3.02. The Morgan fingerprint density at radius 2 is 2.28 bits per heavy atom. The van der Waals surface area contributed by atoms with E-state index < -0.39 is 0 Å². The van der Waals surface area contributed by atoms with Crippen LogP contribution in [0.3, 0.4) is 0 Å². The van der Waals surface area contributed by atoms with Gasteiger partial charge in [0.25, 0.3) is 0 Å². The number of ether oxygens (including phenoxy) is 1. The first-order valence-electron chi connectivity index (χ1n) is 6.69. The first-order valence-corrected chi connectivity index (χ1v) is 6.69. The molecule has 0 bridgehead atoms. The van der Waals surface area contributed by atoms with Crippen molar-refractivity contribution in [3.63, 3.8) is 0 Å². The molecule has 0 aromatic carbocycles. The summed E-state index contributed by atoms with van der Waals surface area (Å²) in [6.07, 6.45) is 2.75. The Bertz CT molecular complexity index is 328. The molecule has 0 spiro atoms. The lowest BCUT2D eigenvalue weighted by atomic mass is 10.0. The van der Waals surface area contributed by atoms with E-state index >= 15 is 0 Å². The van der Waals surface area contributed by atoms with Crippen LogP contribution in [0.1, 0.15) is 26.2 Å². The summed E-state index contributed by atoms with van der Waals surface area (Å²) in [5, 5.41) is 2.73. The molecule has 2 rings (SSSR count). The van der Waals surface area contributed by atoms with E-state index in [0.29, 0.717) is 32.0 Å². The molecule has 102 valence electrons. The number of nitrogens with zero attached hydrogens (tertiary/aromatic N) is 1. The van der Waals surface area contributed by atoms with Gasteiger partial charge >= 0.3 is 0 Å². The Morgan fingerprint density at radius 1 is 1.56 bits per heavy atom. The van der Waals surface area contributed by atoms with Gasteiger partial charge in [0.2, 0.25) is 11.8 Å². The van der Waals surface area contributed by atoms with Crippen LogP contribution in [0.4, 0.5) is 0 Å². The van der Waals surface area contributed by atoms with Gasteiger partial charge in [-0.15, -0.1) is 0 Å². The van der Waals surface area contributed by atoms with Crippen LogP contribution in [0.25, 0.3) is 0 Å². The van der Waals surface area contributed by atoms with Crippen LogP contribution in [0.5, 0.6) is 0 Å². The molecule has 5 nitrogen and oxygen atoms in total. The largest absolute Gasteiger partial charge is 0.383 e. The average molecular weight is 254 g/mol. The molecule has 2 atom stereocenters. The van der Waals surface area contributed by atoms with Gasteiger partial charge in [-0.25, -0.2) is 0 Å². The molecule has 1 saturated carbocycles. The maximum Gasteiger partial charge on any atom is 0.228 e. The number of carbonyl (C=O) groups is 2. The van der Waals surface area contributed by atoms with Crippen molar-refractivity contribution in [2.75, 3.05) is 26.8 Å². The summed E-state index contributed by atoms with van der Waals surface area (Å²) in [4.78, 5) is 25.6. The highest BCUT2D eigenvalue weighted by Crippen LogP contribution is 2.35. The number of rotatable bonds is 6. The van der Waals surface area contributed by atoms with Crippen molar-refractivity contribution in [3.8, 4) is 0 Å². The quantitative estimate of drug-likeness (QED) is 0.746. The minimum absolute atomic E-state index is 0.0147. The van der Waals surface area contributed by atoms with E-state index in [0.717, 1.165) is 0 Å². The van der Waals surface area contributed by atoms with Crippen LogP contribution in [0.15, 0.2) is 0 Å². The molecule has 1 N–H and O–H groups in total. The highest BCUT2D eigenvalue weighted by molar-refractivity contribution is 5.89. The highest BCUT2D eigenvalue weighted by atomic mass is 16.5. The van der Waals surface area contributed by atoms with Gasteiger partial charge in [-0.2, -0.15) is 0 Å². The summed E-state index contributed by atoms with van der Waals surface area (Å²) in [5.74, 6) is 0.537. The summed E-state index contributed by atoms with van der Waals surface area (Å²) in [7, 11) is 1.64. The van der Waals surface area contributed by atoms with E-state index in [9.17, 15) is 9.59 Å². The van der Waals surface area contributed by atoms with Crippen LogP contribution >= 0.6 is 0 Å². The second-order valence-corrected chi connectivity index (χ2v) is 5.31. The zero-order valence-corrected chi connectivity index (χ0v) is 11.1. The summed E-state index contributed by atoms with van der Waals surface area (Å²) in [5.41, 5.74) is 0. The third-order valence-corrected chi connectivity index (χ3v) is 3.94. The molecule has 0 aromatic heterocycles. The summed E-state index contributed by atoms with van der Waals surface area (Å²) >= 11 is 0. The topological polar surface area (TPSA) is 58.6 Å². The normalized spacial score (nSPS) is 24.8. The smallest absolute Gasteiger partial charge is 0.228 e. The number of carbonyl (C=O) groups excluding carboxylic acids is 2. The second kappa shape index (κ2) is 5.69. The Balaban J connectivity index is 1.97. The molecule has 5 heteroatoms. The number of nitrogens with one attached hydrogen (secondary N) is 1. The van der Waals surface area contributed by atoms with E-state index in [4.69, 9.17) is 4.74 Å². The average Bonchev–Trinajstić information content (AvgIpc) is 3.11. The third-order valence-electron chi connectivity index (χ3n) is 3.94. The predicted octanol–water partition coefficient (Wildman–Crippen LogP) is 0.396. The maximum absolute atomic E-state index is 12.4. The van der Waals surface area contributed by atoms with Gasteiger partial charge in [-0.05, 0) is 25.7 Å². The Labute approximate surface area is 108 Å². The molecule has 0 aromatic rings. The van der Waals surface area contributed by atoms with Gasteiger partial charge in [0.15, 0.2) is 0 Å². The van der Waals surface area contributed by atoms with Gasteiger partial charge in [-0.1, -0.05) is 0 Å². The fourth-order valence-corrected chi connectivity index (χ4v) is 2.55. The molecule has 2 fully saturated rings. The molecule has 1 heterocycles. The van der Waals surface area contributed by atoms with Crippen LogP contribution in [-0.2, 0) is 14.3 Å². The van der Waals surface area contributed by atoms with Gasteiger partial charge < -0.3 is 15.0 Å². The Kier molecular flexibility index (Phi) is 4.22. The van der Waals surface area contributed by atoms with Crippen LogP contribution < -0.4 is 5.32 Å². The van der Waals surface area contributed by atoms with E-state index in [1.807, 2.05) is 4.90 Å². The minimum Gasteiger partial charge on any atom is -0.383 e. The summed E-state index contributed by atoms with van der Waals surface area (Å²) < 4.78 is 5.08. The molecule has 2 amide bonds. The van der Waals surface area contributed by atoms with Crippen molar-refractivity contribution in [1.82, 2.24) is 10.2 Å². The Morgan fingerprint density at radius 3 is 2.78 bits per heavy atom. The molecule has 0 radical (unpaired) electrons. The standard InChI is InChI=1S/C13H22N2O3/c1-9(10-3-4-10)15(5-6-18-2)13(17)11-7-12(16)14-8-11/h9-11H,3-8H2,1-2H3,(H,14,16). The lowest BCUT2D eigenvalue weighted by Crippen LogP contribution is -2.45. The van der Waals surface area contributed by atoms with E-state index in [1.54, 1.807) is 7.11 Å². The van der Waals surface area contributed by atoms with E-state index in [1.165, 1.54) is 12.8 Å². The Hall–Kier alpha value is -1.10. The monoisotopic (exact) mass is 254 g/mol. The molecule has 18 heavy (non-hydrogen) atoms. The molecule has 2 aliphatic rings. The van der Waals surface area contributed by atoms with Crippen LogP contribution in [0.2, 0.25) is 0 Å². The maximum atomic E-state index is 12.4. The molecule has 1 saturated heterocycles. The molecular formula is C13H22N2O3. The summed E-state index contributed by atoms with van der Waals surface area (Å²) in [6, 6.07) is 0.267. The first kappa shape index (κ1) is 13.3. The lowest BCUT2D eigenvalue weighted by Gasteiger charge is -2.31. The number of methoxy groups -OCH3 is 1. The highest BCUT2D eigenvalue weighted by Gasteiger charge is 2.38. The predicted molar refractivity (Wildman–Crippen MR) is 66.9 cm³/mol. The molecule has 1 aliphatic carbocycles. The van der Waals surface area contributed by atoms with Gasteiger partial charge in [0.05, 0.1) is 12.5 Å². The SMILES string of the molecule is COCCN(C(=O)C1CNC(=O)C1)C(C)C1CC1. The number of amides is 2. The van der Waals surface area contributed by atoms with Gasteiger partial charge in [0.1, 0.15) is 0 Å². The fraction of sp³-hybridized carbons (Fsp3) is 0.846. The van der Waals surface area contributed by atoms with Gasteiger partial charge in [0, 0.05) is 32.7 Å². The molecule has 1 aliphatic heterocycles. The fourth-order valence-electron chi connectivity index (χ4n) is 2.55. The van der Waals surface area contributed by atoms with Crippen molar-refractivity contribution in [1.29, 1.82) is 0 Å². The number of hydrogen-bond donors (Lipinski definition) is 1. The van der Waals surface area contributed by atoms with Crippen molar-refractivity contribution in [2.45, 2.75) is 32.2 Å². The number of hydrogen-bond acceptors (Lipinski definition) is 3. The lowest BCUT2D eigenvalue weighted by molar-refractivity contribution is -0.139. The second-order valence-electron chi connectivity index (χ2n) is 5.31. The van der Waals surface area contributed by atoms with Crippen molar-refractivity contribution in [3.05, 3.63) is 0 Å². The van der Waals surface area contributed by atoms with Crippen molar-refractivity contribution < 1.29 is 14.3 Å². The zero-order chi connectivity index (χ0) is 13.1. The van der Waals surface area contributed by atoms with E-state index in [2.05, 4.69) is 12.2 Å². The zero-order valence-electron chi connectivity index (χ0n) is 11.1. The van der Waals surface area contributed by atoms with Crippen molar-refractivity contribution >= 4 is 11.8 Å². The van der Waals surface area contributed by atoms with Crippen molar-refractivity contribution in [2.24, 2.45) is 11.8 Å².